The monoisotopic (exact) mass is 335 g/mol. The highest BCUT2D eigenvalue weighted by Crippen LogP contribution is 2.27. The molecule has 0 saturated carbocycles. The number of rotatable bonds is 4. The summed E-state index contributed by atoms with van der Waals surface area (Å²) in [4.78, 5) is 1.43. The summed E-state index contributed by atoms with van der Waals surface area (Å²) in [6, 6.07) is 3.22. The minimum Gasteiger partial charge on any atom is -0.329 e. The van der Waals surface area contributed by atoms with Crippen molar-refractivity contribution in [2.75, 3.05) is 32.7 Å². The van der Waals surface area contributed by atoms with Gasteiger partial charge < -0.3 is 4.90 Å². The van der Waals surface area contributed by atoms with Crippen molar-refractivity contribution in [3.63, 3.8) is 0 Å². The third-order valence-electron chi connectivity index (χ3n) is 3.37. The van der Waals surface area contributed by atoms with Gasteiger partial charge in [-0.2, -0.15) is 4.31 Å². The number of hydrogen-bond donors (Lipinski definition) is 1. The Labute approximate surface area is 129 Å². The number of hydrogen-bond acceptors (Lipinski definition) is 3. The van der Waals surface area contributed by atoms with E-state index in [4.69, 9.17) is 11.6 Å². The molecule has 1 aliphatic rings. The zero-order valence-electron chi connectivity index (χ0n) is 11.7. The lowest BCUT2D eigenvalue weighted by atomic mass is 10.3. The molecule has 1 fully saturated rings. The van der Waals surface area contributed by atoms with Gasteiger partial charge in [-0.1, -0.05) is 17.2 Å². The average molecular weight is 336 g/mol. The van der Waals surface area contributed by atoms with Gasteiger partial charge in [0.1, 0.15) is 4.21 Å². The Bertz CT molecular complexity index is 583. The van der Waals surface area contributed by atoms with Gasteiger partial charge in [0, 0.05) is 0 Å². The second kappa shape index (κ2) is 6.58. The van der Waals surface area contributed by atoms with Gasteiger partial charge in [-0.15, -0.1) is 11.3 Å². The maximum atomic E-state index is 12.4. The lowest BCUT2D eigenvalue weighted by molar-refractivity contribution is -0.897. The van der Waals surface area contributed by atoms with Crippen LogP contribution in [0, 0.1) is 0 Å². The standard InChI is InChI=1S/C13H19ClN2O2S2/c1-11(2)5-6-15-7-9-16(10-8-15)20(17,18)13-4-3-12(14)19-13/h3-5H,6-10H2,1-2H3/p+1. The van der Waals surface area contributed by atoms with E-state index >= 15 is 0 Å². The first-order valence-electron chi connectivity index (χ1n) is 6.62. The van der Waals surface area contributed by atoms with Gasteiger partial charge >= 0.3 is 0 Å². The van der Waals surface area contributed by atoms with Crippen molar-refractivity contribution in [2.45, 2.75) is 18.1 Å². The normalized spacial score (nSPS) is 18.1. The van der Waals surface area contributed by atoms with E-state index in [0.29, 0.717) is 21.6 Å². The number of quaternary nitrogens is 1. The number of nitrogens with zero attached hydrogens (tertiary/aromatic N) is 1. The molecule has 0 unspecified atom stereocenters. The van der Waals surface area contributed by atoms with Crippen LogP contribution in [0.3, 0.4) is 0 Å². The lowest BCUT2D eigenvalue weighted by Crippen LogP contribution is -3.14. The van der Waals surface area contributed by atoms with Crippen molar-refractivity contribution in [2.24, 2.45) is 0 Å². The summed E-state index contributed by atoms with van der Waals surface area (Å²) in [6.07, 6.45) is 2.21. The third-order valence-corrected chi connectivity index (χ3v) is 6.97. The van der Waals surface area contributed by atoms with Crippen LogP contribution < -0.4 is 4.90 Å². The number of thiophene rings is 1. The molecule has 1 N–H and O–H groups in total. The molecule has 1 saturated heterocycles. The van der Waals surface area contributed by atoms with Crippen LogP contribution in [-0.4, -0.2) is 45.4 Å². The fourth-order valence-corrected chi connectivity index (χ4v) is 5.24. The van der Waals surface area contributed by atoms with Crippen LogP contribution in [0.15, 0.2) is 28.0 Å². The van der Waals surface area contributed by atoms with E-state index in [2.05, 4.69) is 19.9 Å². The molecule has 20 heavy (non-hydrogen) atoms. The third kappa shape index (κ3) is 3.83. The highest BCUT2D eigenvalue weighted by molar-refractivity contribution is 7.91. The molecule has 112 valence electrons. The molecule has 7 heteroatoms. The van der Waals surface area contributed by atoms with E-state index in [1.54, 1.807) is 16.4 Å². The maximum absolute atomic E-state index is 12.4. The summed E-state index contributed by atoms with van der Waals surface area (Å²) in [7, 11) is -3.36. The van der Waals surface area contributed by atoms with Crippen LogP contribution in [0.5, 0.6) is 0 Å². The molecule has 0 radical (unpaired) electrons. The number of halogens is 1. The maximum Gasteiger partial charge on any atom is 0.253 e. The minimum absolute atomic E-state index is 0.343. The zero-order valence-corrected chi connectivity index (χ0v) is 14.1. The summed E-state index contributed by atoms with van der Waals surface area (Å²) in [5.74, 6) is 0. The van der Waals surface area contributed by atoms with Crippen molar-refractivity contribution in [3.05, 3.63) is 28.1 Å². The van der Waals surface area contributed by atoms with Crippen LogP contribution in [0.25, 0.3) is 0 Å². The van der Waals surface area contributed by atoms with E-state index in [1.165, 1.54) is 10.5 Å². The molecule has 2 heterocycles. The number of sulfonamides is 1. The first-order valence-corrected chi connectivity index (χ1v) is 9.25. The van der Waals surface area contributed by atoms with Gasteiger partial charge in [0.25, 0.3) is 10.0 Å². The van der Waals surface area contributed by atoms with Gasteiger partial charge in [0.15, 0.2) is 0 Å². The Hall–Kier alpha value is -0.400. The molecular formula is C13H20ClN2O2S2+. The average Bonchev–Trinajstić information content (AvgIpc) is 2.84. The van der Waals surface area contributed by atoms with Crippen LogP contribution >= 0.6 is 22.9 Å². The molecule has 1 aliphatic heterocycles. The Morgan fingerprint density at radius 2 is 2.05 bits per heavy atom. The van der Waals surface area contributed by atoms with Gasteiger partial charge in [-0.05, 0) is 32.1 Å². The predicted molar refractivity (Wildman–Crippen MR) is 83.1 cm³/mol. The Morgan fingerprint density at radius 3 is 2.55 bits per heavy atom. The largest absolute Gasteiger partial charge is 0.329 e. The van der Waals surface area contributed by atoms with E-state index in [0.717, 1.165) is 31.0 Å². The van der Waals surface area contributed by atoms with E-state index in [-0.39, 0.29) is 0 Å². The van der Waals surface area contributed by atoms with Gasteiger partial charge in [-0.3, -0.25) is 0 Å². The first-order chi connectivity index (χ1) is 9.39. The molecule has 0 atom stereocenters. The molecule has 0 spiro atoms. The van der Waals surface area contributed by atoms with E-state index < -0.39 is 10.0 Å². The number of allylic oxidation sites excluding steroid dienone is 1. The lowest BCUT2D eigenvalue weighted by Gasteiger charge is -2.30. The molecule has 0 bridgehead atoms. The second-order valence-corrected chi connectivity index (χ2v) is 9.08. The van der Waals surface area contributed by atoms with Gasteiger partial charge in [-0.25, -0.2) is 8.42 Å². The number of piperazine rings is 1. The summed E-state index contributed by atoms with van der Waals surface area (Å²) >= 11 is 6.95. The molecular weight excluding hydrogens is 316 g/mol. The quantitative estimate of drug-likeness (QED) is 0.842. The Kier molecular flexibility index (Phi) is 5.25. The Morgan fingerprint density at radius 1 is 1.40 bits per heavy atom. The number of nitrogens with one attached hydrogen (secondary N) is 1. The smallest absolute Gasteiger partial charge is 0.253 e. The Balaban J connectivity index is 1.98. The van der Waals surface area contributed by atoms with Crippen LogP contribution in [0.2, 0.25) is 4.34 Å². The highest BCUT2D eigenvalue weighted by atomic mass is 35.5. The second-order valence-electron chi connectivity index (χ2n) is 5.20. The zero-order chi connectivity index (χ0) is 14.8. The fourth-order valence-electron chi connectivity index (χ4n) is 2.16. The summed E-state index contributed by atoms with van der Waals surface area (Å²) in [5.41, 5.74) is 1.31. The molecule has 0 amide bonds. The van der Waals surface area contributed by atoms with Gasteiger partial charge in [0.05, 0.1) is 37.1 Å². The topological polar surface area (TPSA) is 41.8 Å². The molecule has 2 rings (SSSR count). The van der Waals surface area contributed by atoms with Crippen molar-refractivity contribution < 1.29 is 13.3 Å². The minimum atomic E-state index is -3.36. The van der Waals surface area contributed by atoms with Gasteiger partial charge in [0.2, 0.25) is 0 Å². The van der Waals surface area contributed by atoms with Crippen molar-refractivity contribution in [1.82, 2.24) is 4.31 Å². The fraction of sp³-hybridized carbons (Fsp3) is 0.538. The van der Waals surface area contributed by atoms with Crippen molar-refractivity contribution >= 4 is 33.0 Å². The van der Waals surface area contributed by atoms with Crippen LogP contribution in [0.4, 0.5) is 0 Å². The summed E-state index contributed by atoms with van der Waals surface area (Å²) in [5, 5.41) is 0. The highest BCUT2D eigenvalue weighted by Gasteiger charge is 2.30. The summed E-state index contributed by atoms with van der Waals surface area (Å²) in [6.45, 7) is 7.99. The molecule has 4 nitrogen and oxygen atoms in total. The van der Waals surface area contributed by atoms with Crippen molar-refractivity contribution in [1.29, 1.82) is 0 Å². The van der Waals surface area contributed by atoms with Crippen LogP contribution in [0.1, 0.15) is 13.8 Å². The molecule has 1 aromatic heterocycles. The molecule has 0 aromatic carbocycles. The molecule has 0 aliphatic carbocycles. The SMILES string of the molecule is CC(C)=CC[NH+]1CCN(S(=O)(=O)c2ccc(Cl)s2)CC1. The molecule has 1 aromatic rings. The summed E-state index contributed by atoms with van der Waals surface area (Å²) < 4.78 is 27.3. The first kappa shape index (κ1) is 16.0. The van der Waals surface area contributed by atoms with E-state index in [9.17, 15) is 8.42 Å². The van der Waals surface area contributed by atoms with Crippen LogP contribution in [-0.2, 0) is 10.0 Å². The van der Waals surface area contributed by atoms with E-state index in [1.807, 2.05) is 0 Å². The predicted octanol–water partition coefficient (Wildman–Crippen LogP) is 1.26. The van der Waals surface area contributed by atoms with Crippen molar-refractivity contribution in [3.8, 4) is 0 Å².